The van der Waals surface area contributed by atoms with Crippen LogP contribution in [0.15, 0.2) is 30.3 Å². The first-order valence-electron chi connectivity index (χ1n) is 7.19. The maximum Gasteiger partial charge on any atom is 0.215 e. The molecule has 0 saturated heterocycles. The molecule has 0 unspecified atom stereocenters. The molecule has 0 saturated carbocycles. The first-order chi connectivity index (χ1) is 9.54. The van der Waals surface area contributed by atoms with Gasteiger partial charge >= 0.3 is 0 Å². The van der Waals surface area contributed by atoms with Gasteiger partial charge in [-0.2, -0.15) is 0 Å². The molecule has 6 heteroatoms. The van der Waals surface area contributed by atoms with Crippen LogP contribution in [0.25, 0.3) is 0 Å². The predicted octanol–water partition coefficient (Wildman–Crippen LogP) is 3.13. The third-order valence-corrected chi connectivity index (χ3v) is 9.79. The first-order valence-corrected chi connectivity index (χ1v) is 11.7. The molecule has 0 aliphatic rings. The van der Waals surface area contributed by atoms with E-state index in [1.165, 1.54) is 0 Å². The van der Waals surface area contributed by atoms with Crippen LogP contribution in [0.2, 0.25) is 18.1 Å². The number of hydrogen-bond acceptors (Lipinski definition) is 3. The number of hydrogen-bond donors (Lipinski definition) is 1. The van der Waals surface area contributed by atoms with Crippen molar-refractivity contribution in [1.82, 2.24) is 4.72 Å². The summed E-state index contributed by atoms with van der Waals surface area (Å²) in [5.41, 5.74) is 0.787. The lowest BCUT2D eigenvalue weighted by molar-refractivity contribution is 0.293. The second-order valence-corrected chi connectivity index (χ2v) is 13.4. The molecular formula is C15H27NO3SSi. The number of rotatable bonds is 7. The zero-order valence-electron chi connectivity index (χ0n) is 13.6. The summed E-state index contributed by atoms with van der Waals surface area (Å²) in [5, 5.41) is 0.135. The summed E-state index contributed by atoms with van der Waals surface area (Å²) >= 11 is 0. The largest absolute Gasteiger partial charge is 0.415 e. The fourth-order valence-electron chi connectivity index (χ4n) is 1.56. The fraction of sp³-hybridized carbons (Fsp3) is 0.600. The molecule has 1 aromatic carbocycles. The van der Waals surface area contributed by atoms with E-state index in [1.54, 1.807) is 0 Å². The van der Waals surface area contributed by atoms with Gasteiger partial charge in [0.15, 0.2) is 8.32 Å². The second-order valence-electron chi connectivity index (χ2n) is 6.75. The maximum absolute atomic E-state index is 12.0. The van der Waals surface area contributed by atoms with E-state index in [4.69, 9.17) is 4.43 Å². The smallest absolute Gasteiger partial charge is 0.215 e. The highest BCUT2D eigenvalue weighted by Crippen LogP contribution is 2.36. The van der Waals surface area contributed by atoms with E-state index >= 15 is 0 Å². The molecular weight excluding hydrogens is 302 g/mol. The van der Waals surface area contributed by atoms with E-state index in [2.05, 4.69) is 38.6 Å². The number of sulfonamides is 1. The van der Waals surface area contributed by atoms with Gasteiger partial charge in [0.05, 0.1) is 5.75 Å². The molecule has 0 spiro atoms. The SMILES string of the molecule is CC(C)(C)[Si](C)(C)OCCNS(=O)(=O)Cc1ccccc1. The molecule has 4 nitrogen and oxygen atoms in total. The minimum absolute atomic E-state index is 0.00787. The molecule has 1 aromatic rings. The Hall–Kier alpha value is -0.693. The standard InChI is InChI=1S/C15H27NO3SSi/c1-15(2,3)21(4,5)19-12-11-16-20(17,18)13-14-9-7-6-8-10-14/h6-10,16H,11-13H2,1-5H3. The van der Waals surface area contributed by atoms with Crippen LogP contribution in [0, 0.1) is 0 Å². The Labute approximate surface area is 130 Å². The Morgan fingerprint density at radius 3 is 2.24 bits per heavy atom. The minimum atomic E-state index is -3.30. The number of nitrogens with one attached hydrogen (secondary N) is 1. The van der Waals surface area contributed by atoms with E-state index in [0.717, 1.165) is 5.56 Å². The summed E-state index contributed by atoms with van der Waals surface area (Å²) in [5.74, 6) is 0.00787. The van der Waals surface area contributed by atoms with Crippen molar-refractivity contribution in [2.75, 3.05) is 13.2 Å². The van der Waals surface area contributed by atoms with Gasteiger partial charge in [-0.3, -0.25) is 0 Å². The van der Waals surface area contributed by atoms with Crippen LogP contribution >= 0.6 is 0 Å². The highest BCUT2D eigenvalue weighted by Gasteiger charge is 2.36. The average Bonchev–Trinajstić information content (AvgIpc) is 2.34. The van der Waals surface area contributed by atoms with E-state index in [9.17, 15) is 8.42 Å². The third-order valence-electron chi connectivity index (χ3n) is 3.89. The molecule has 0 atom stereocenters. The van der Waals surface area contributed by atoms with Gasteiger partial charge < -0.3 is 4.43 Å². The molecule has 0 heterocycles. The van der Waals surface area contributed by atoms with Crippen LogP contribution in [-0.4, -0.2) is 29.9 Å². The van der Waals surface area contributed by atoms with Crippen molar-refractivity contribution in [3.8, 4) is 0 Å². The first kappa shape index (κ1) is 18.4. The van der Waals surface area contributed by atoms with E-state index in [0.29, 0.717) is 13.2 Å². The molecule has 0 aromatic heterocycles. The van der Waals surface area contributed by atoms with Crippen molar-refractivity contribution in [2.45, 2.75) is 44.7 Å². The topological polar surface area (TPSA) is 55.4 Å². The fourth-order valence-corrected chi connectivity index (χ4v) is 3.74. The summed E-state index contributed by atoms with van der Waals surface area (Å²) in [7, 11) is -5.11. The lowest BCUT2D eigenvalue weighted by Gasteiger charge is -2.36. The Morgan fingerprint density at radius 2 is 1.71 bits per heavy atom. The van der Waals surface area contributed by atoms with Gasteiger partial charge in [0.1, 0.15) is 0 Å². The molecule has 0 aliphatic carbocycles. The predicted molar refractivity (Wildman–Crippen MR) is 90.2 cm³/mol. The Balaban J connectivity index is 2.42. The molecule has 1 N–H and O–H groups in total. The lowest BCUT2D eigenvalue weighted by Crippen LogP contribution is -2.42. The third kappa shape index (κ3) is 6.30. The second kappa shape index (κ2) is 7.04. The molecule has 0 bridgehead atoms. The van der Waals surface area contributed by atoms with Gasteiger partial charge in [-0.15, -0.1) is 0 Å². The van der Waals surface area contributed by atoms with Crippen molar-refractivity contribution in [1.29, 1.82) is 0 Å². The van der Waals surface area contributed by atoms with Crippen LogP contribution in [-0.2, 0) is 20.2 Å². The Bertz CT molecular complexity index is 536. The molecule has 0 fully saturated rings. The van der Waals surface area contributed by atoms with E-state index in [-0.39, 0.29) is 10.8 Å². The van der Waals surface area contributed by atoms with Gasteiger partial charge in [0, 0.05) is 13.2 Å². The summed E-state index contributed by atoms with van der Waals surface area (Å²) in [6.07, 6.45) is 0. The zero-order chi connectivity index (χ0) is 16.1. The summed E-state index contributed by atoms with van der Waals surface area (Å²) in [4.78, 5) is 0. The van der Waals surface area contributed by atoms with Crippen LogP contribution in [0.5, 0.6) is 0 Å². The Morgan fingerprint density at radius 1 is 1.14 bits per heavy atom. The maximum atomic E-state index is 12.0. The molecule has 0 radical (unpaired) electrons. The van der Waals surface area contributed by atoms with Crippen molar-refractivity contribution >= 4 is 18.3 Å². The van der Waals surface area contributed by atoms with Gasteiger partial charge in [0.2, 0.25) is 10.0 Å². The van der Waals surface area contributed by atoms with Crippen molar-refractivity contribution in [2.24, 2.45) is 0 Å². The van der Waals surface area contributed by atoms with Gasteiger partial charge in [0.25, 0.3) is 0 Å². The van der Waals surface area contributed by atoms with Crippen LogP contribution in [0.3, 0.4) is 0 Å². The molecule has 21 heavy (non-hydrogen) atoms. The molecule has 0 aliphatic heterocycles. The van der Waals surface area contributed by atoms with E-state index in [1.807, 2.05) is 30.3 Å². The summed E-state index contributed by atoms with van der Waals surface area (Å²) in [6, 6.07) is 9.17. The molecule has 1 rings (SSSR count). The van der Waals surface area contributed by atoms with Crippen molar-refractivity contribution in [3.63, 3.8) is 0 Å². The number of benzene rings is 1. The average molecular weight is 330 g/mol. The molecule has 120 valence electrons. The highest BCUT2D eigenvalue weighted by atomic mass is 32.2. The summed E-state index contributed by atoms with van der Waals surface area (Å²) < 4.78 is 32.5. The van der Waals surface area contributed by atoms with Gasteiger partial charge in [-0.1, -0.05) is 51.1 Å². The van der Waals surface area contributed by atoms with Gasteiger partial charge in [-0.05, 0) is 23.7 Å². The monoisotopic (exact) mass is 329 g/mol. The Kier molecular flexibility index (Phi) is 6.16. The lowest BCUT2D eigenvalue weighted by atomic mass is 10.2. The van der Waals surface area contributed by atoms with Crippen molar-refractivity contribution < 1.29 is 12.8 Å². The highest BCUT2D eigenvalue weighted by molar-refractivity contribution is 7.88. The van der Waals surface area contributed by atoms with Crippen molar-refractivity contribution in [3.05, 3.63) is 35.9 Å². The van der Waals surface area contributed by atoms with Crippen LogP contribution in [0.4, 0.5) is 0 Å². The van der Waals surface area contributed by atoms with E-state index < -0.39 is 18.3 Å². The minimum Gasteiger partial charge on any atom is -0.415 e. The quantitative estimate of drug-likeness (QED) is 0.617. The summed E-state index contributed by atoms with van der Waals surface area (Å²) in [6.45, 7) is 11.6. The zero-order valence-corrected chi connectivity index (χ0v) is 15.5. The molecule has 0 amide bonds. The van der Waals surface area contributed by atoms with Gasteiger partial charge in [-0.25, -0.2) is 13.1 Å². The normalized spacial score (nSPS) is 13.4. The van der Waals surface area contributed by atoms with Crippen LogP contribution in [0.1, 0.15) is 26.3 Å². The van der Waals surface area contributed by atoms with Crippen LogP contribution < -0.4 is 4.72 Å².